The Morgan fingerprint density at radius 3 is 1.64 bits per heavy atom. The fraction of sp³-hybridized carbons (Fsp3) is 0.857. The minimum absolute atomic E-state index is 0. The van der Waals surface area contributed by atoms with Crippen molar-refractivity contribution in [2.24, 2.45) is 29.1 Å². The third kappa shape index (κ3) is 1.64. The molecular weight excluding hydrogens is 168 g/mol. The molecule has 0 aliphatic heterocycles. The summed E-state index contributed by atoms with van der Waals surface area (Å²) in [6.45, 7) is 9.75. The molecule has 0 radical (unpaired) electrons. The number of allylic oxidation sites excluding steroid dienone is 2. The van der Waals surface area contributed by atoms with Gasteiger partial charge in [-0.25, -0.2) is 0 Å². The Morgan fingerprint density at radius 2 is 1.29 bits per heavy atom. The molecule has 2 bridgehead atoms. The van der Waals surface area contributed by atoms with Gasteiger partial charge in [0.05, 0.1) is 0 Å². The molecule has 0 saturated heterocycles. The highest BCUT2D eigenvalue weighted by atomic mass is 14.5. The maximum absolute atomic E-state index is 2.48. The molecule has 1 fully saturated rings. The Morgan fingerprint density at radius 1 is 0.929 bits per heavy atom. The summed E-state index contributed by atoms with van der Waals surface area (Å²) in [6.07, 6.45) is 7.77. The van der Waals surface area contributed by atoms with Crippen molar-refractivity contribution in [2.45, 2.75) is 48.0 Å². The highest BCUT2D eigenvalue weighted by Gasteiger charge is 2.43. The van der Waals surface area contributed by atoms with E-state index in [1.54, 1.807) is 0 Å². The van der Waals surface area contributed by atoms with Crippen LogP contribution in [0.1, 0.15) is 48.0 Å². The summed E-state index contributed by atoms with van der Waals surface area (Å²) < 4.78 is 0. The van der Waals surface area contributed by atoms with E-state index in [0.29, 0.717) is 5.41 Å². The lowest BCUT2D eigenvalue weighted by Gasteiger charge is -2.31. The van der Waals surface area contributed by atoms with Crippen LogP contribution in [0.15, 0.2) is 12.2 Å². The zero-order valence-corrected chi connectivity index (χ0v) is 9.38. The van der Waals surface area contributed by atoms with Crippen LogP contribution in [0.5, 0.6) is 0 Å². The first-order chi connectivity index (χ1) is 6.01. The van der Waals surface area contributed by atoms with Gasteiger partial charge in [0, 0.05) is 0 Å². The molecule has 1 saturated carbocycles. The molecule has 0 aromatic carbocycles. The molecule has 2 aliphatic carbocycles. The Kier molecular flexibility index (Phi) is 3.13. The van der Waals surface area contributed by atoms with Crippen LogP contribution in [-0.4, -0.2) is 0 Å². The van der Waals surface area contributed by atoms with Crippen LogP contribution in [-0.2, 0) is 0 Å². The highest BCUT2D eigenvalue weighted by Crippen LogP contribution is 2.51. The van der Waals surface area contributed by atoms with Crippen LogP contribution in [0.4, 0.5) is 0 Å². The van der Waals surface area contributed by atoms with Gasteiger partial charge in [0.15, 0.2) is 0 Å². The van der Waals surface area contributed by atoms with E-state index in [9.17, 15) is 0 Å². The minimum Gasteiger partial charge on any atom is -0.0846 e. The van der Waals surface area contributed by atoms with E-state index >= 15 is 0 Å². The summed E-state index contributed by atoms with van der Waals surface area (Å²) in [6, 6.07) is 0. The van der Waals surface area contributed by atoms with E-state index in [2.05, 4.69) is 39.8 Å². The molecule has 82 valence electrons. The number of hydrogen-bond donors (Lipinski definition) is 0. The van der Waals surface area contributed by atoms with E-state index in [0.717, 1.165) is 23.7 Å². The van der Waals surface area contributed by atoms with Gasteiger partial charge < -0.3 is 0 Å². The maximum atomic E-state index is 2.48. The SMILES string of the molecule is C.CC1CC2C=CC(CC1C)C2(C)C. The summed E-state index contributed by atoms with van der Waals surface area (Å²) in [5, 5.41) is 0. The Labute approximate surface area is 89.8 Å². The maximum Gasteiger partial charge on any atom is -0.0174 e. The van der Waals surface area contributed by atoms with E-state index in [4.69, 9.17) is 0 Å². The first-order valence-corrected chi connectivity index (χ1v) is 5.70. The molecule has 4 atom stereocenters. The number of hydrogen-bond acceptors (Lipinski definition) is 0. The third-order valence-electron chi connectivity index (χ3n) is 4.71. The van der Waals surface area contributed by atoms with Gasteiger partial charge in [-0.2, -0.15) is 0 Å². The van der Waals surface area contributed by atoms with E-state index in [1.807, 2.05) is 0 Å². The molecule has 0 nitrogen and oxygen atoms in total. The lowest BCUT2D eigenvalue weighted by Crippen LogP contribution is -2.24. The highest BCUT2D eigenvalue weighted by molar-refractivity contribution is 5.13. The fourth-order valence-electron chi connectivity index (χ4n) is 3.07. The van der Waals surface area contributed by atoms with Crippen molar-refractivity contribution in [3.63, 3.8) is 0 Å². The Hall–Kier alpha value is -0.260. The van der Waals surface area contributed by atoms with Crippen molar-refractivity contribution in [1.82, 2.24) is 0 Å². The largest absolute Gasteiger partial charge is 0.0846 e. The Balaban J connectivity index is 0.000000980. The molecule has 0 heteroatoms. The van der Waals surface area contributed by atoms with Crippen molar-refractivity contribution in [3.05, 3.63) is 12.2 Å². The van der Waals surface area contributed by atoms with Crippen LogP contribution in [0.2, 0.25) is 0 Å². The molecule has 14 heavy (non-hydrogen) atoms. The first kappa shape index (κ1) is 11.8. The molecule has 2 rings (SSSR count). The summed E-state index contributed by atoms with van der Waals surface area (Å²) in [5.41, 5.74) is 0.541. The van der Waals surface area contributed by atoms with Crippen LogP contribution in [0, 0.1) is 29.1 Å². The molecular formula is C14H26. The van der Waals surface area contributed by atoms with Gasteiger partial charge in [0.25, 0.3) is 0 Å². The molecule has 4 unspecified atom stereocenters. The smallest absolute Gasteiger partial charge is 0.0174 e. The van der Waals surface area contributed by atoms with E-state index < -0.39 is 0 Å². The van der Waals surface area contributed by atoms with Gasteiger partial charge in [0.1, 0.15) is 0 Å². The van der Waals surface area contributed by atoms with Crippen LogP contribution in [0.3, 0.4) is 0 Å². The van der Waals surface area contributed by atoms with Crippen molar-refractivity contribution in [2.75, 3.05) is 0 Å². The predicted octanol–water partition coefficient (Wildman–Crippen LogP) is 4.52. The van der Waals surface area contributed by atoms with Gasteiger partial charge >= 0.3 is 0 Å². The van der Waals surface area contributed by atoms with E-state index in [-0.39, 0.29) is 7.43 Å². The van der Waals surface area contributed by atoms with Crippen LogP contribution in [0.25, 0.3) is 0 Å². The van der Waals surface area contributed by atoms with Crippen molar-refractivity contribution in [1.29, 1.82) is 0 Å². The summed E-state index contributed by atoms with van der Waals surface area (Å²) in [4.78, 5) is 0. The van der Waals surface area contributed by atoms with Crippen molar-refractivity contribution in [3.8, 4) is 0 Å². The zero-order chi connectivity index (χ0) is 9.64. The summed E-state index contributed by atoms with van der Waals surface area (Å²) in [5.74, 6) is 3.52. The van der Waals surface area contributed by atoms with Gasteiger partial charge in [-0.05, 0) is 41.9 Å². The van der Waals surface area contributed by atoms with Gasteiger partial charge in [-0.15, -0.1) is 0 Å². The summed E-state index contributed by atoms with van der Waals surface area (Å²) >= 11 is 0. The van der Waals surface area contributed by atoms with Crippen molar-refractivity contribution < 1.29 is 0 Å². The topological polar surface area (TPSA) is 0 Å². The predicted molar refractivity (Wildman–Crippen MR) is 64.2 cm³/mol. The van der Waals surface area contributed by atoms with Gasteiger partial charge in [-0.3, -0.25) is 0 Å². The Bertz CT molecular complexity index is 202. The average molecular weight is 194 g/mol. The number of rotatable bonds is 0. The monoisotopic (exact) mass is 194 g/mol. The van der Waals surface area contributed by atoms with Crippen LogP contribution >= 0.6 is 0 Å². The van der Waals surface area contributed by atoms with Crippen molar-refractivity contribution >= 4 is 0 Å². The second kappa shape index (κ2) is 3.72. The zero-order valence-electron chi connectivity index (χ0n) is 9.38. The summed E-state index contributed by atoms with van der Waals surface area (Å²) in [7, 11) is 0. The molecule has 0 amide bonds. The molecule has 0 aromatic heterocycles. The van der Waals surface area contributed by atoms with Gasteiger partial charge in [0.2, 0.25) is 0 Å². The number of fused-ring (bicyclic) bond motifs is 2. The van der Waals surface area contributed by atoms with Gasteiger partial charge in [-0.1, -0.05) is 47.3 Å². The average Bonchev–Trinajstić information content (AvgIpc) is 2.25. The quantitative estimate of drug-likeness (QED) is 0.497. The third-order valence-corrected chi connectivity index (χ3v) is 4.71. The molecule has 0 N–H and O–H groups in total. The standard InChI is InChI=1S/C13H22.CH4/c1-9-7-11-5-6-12(8-10(9)2)13(11,3)4;/h5-6,9-12H,7-8H2,1-4H3;1H4. The normalized spacial score (nSPS) is 44.3. The molecule has 0 spiro atoms. The molecule has 0 aromatic rings. The van der Waals surface area contributed by atoms with Crippen LogP contribution < -0.4 is 0 Å². The van der Waals surface area contributed by atoms with E-state index in [1.165, 1.54) is 12.8 Å². The molecule has 2 aliphatic rings. The molecule has 0 heterocycles. The first-order valence-electron chi connectivity index (χ1n) is 5.70. The lowest BCUT2D eigenvalue weighted by molar-refractivity contribution is 0.203. The second-order valence-electron chi connectivity index (χ2n) is 5.85. The second-order valence-corrected chi connectivity index (χ2v) is 5.85. The minimum atomic E-state index is 0. The fourth-order valence-corrected chi connectivity index (χ4v) is 3.07. The lowest BCUT2D eigenvalue weighted by atomic mass is 9.73.